The van der Waals surface area contributed by atoms with Gasteiger partial charge in [0.05, 0.1) is 5.69 Å². The van der Waals surface area contributed by atoms with E-state index in [4.69, 9.17) is 4.74 Å². The van der Waals surface area contributed by atoms with Crippen molar-refractivity contribution in [3.05, 3.63) is 59.2 Å². The van der Waals surface area contributed by atoms with Crippen molar-refractivity contribution in [2.24, 2.45) is 0 Å². The Labute approximate surface area is 134 Å². The van der Waals surface area contributed by atoms with Crippen molar-refractivity contribution in [2.45, 2.75) is 26.7 Å². The van der Waals surface area contributed by atoms with Gasteiger partial charge in [0.1, 0.15) is 17.4 Å². The van der Waals surface area contributed by atoms with Gasteiger partial charge >= 0.3 is 0 Å². The molecule has 0 aromatic heterocycles. The van der Waals surface area contributed by atoms with Gasteiger partial charge in [0.2, 0.25) is 0 Å². The summed E-state index contributed by atoms with van der Waals surface area (Å²) in [6, 6.07) is 8.81. The molecule has 23 heavy (non-hydrogen) atoms. The number of carbonyl (C=O) groups excluding carboxylic acids is 1. The van der Waals surface area contributed by atoms with Gasteiger partial charge in [-0.25, -0.2) is 8.78 Å². The Bertz CT molecular complexity index is 714. The zero-order valence-corrected chi connectivity index (χ0v) is 13.3. The number of hydrogen-bond acceptors (Lipinski definition) is 2. The second kappa shape index (κ2) is 7.22. The number of amides is 1. The largest absolute Gasteiger partial charge is 0.483 e. The Kier molecular flexibility index (Phi) is 5.32. The number of carbonyl (C=O) groups is 1. The quantitative estimate of drug-likeness (QED) is 0.886. The van der Waals surface area contributed by atoms with Crippen LogP contribution in [0.2, 0.25) is 0 Å². The summed E-state index contributed by atoms with van der Waals surface area (Å²) < 4.78 is 31.8. The van der Waals surface area contributed by atoms with E-state index in [-0.39, 0.29) is 12.3 Å². The molecule has 1 N–H and O–H groups in total. The van der Waals surface area contributed by atoms with Crippen LogP contribution in [-0.4, -0.2) is 12.5 Å². The average molecular weight is 319 g/mol. The number of halogens is 2. The first-order valence-electron chi connectivity index (χ1n) is 7.35. The molecule has 0 aliphatic heterocycles. The molecule has 5 heteroatoms. The van der Waals surface area contributed by atoms with E-state index in [9.17, 15) is 13.6 Å². The van der Waals surface area contributed by atoms with Crippen LogP contribution in [0.3, 0.4) is 0 Å². The van der Waals surface area contributed by atoms with Crippen molar-refractivity contribution in [3.8, 4) is 5.75 Å². The minimum absolute atomic E-state index is 0.0762. The Morgan fingerprint density at radius 2 is 1.91 bits per heavy atom. The zero-order valence-electron chi connectivity index (χ0n) is 13.3. The van der Waals surface area contributed by atoms with E-state index in [1.54, 1.807) is 0 Å². The summed E-state index contributed by atoms with van der Waals surface area (Å²) in [5.41, 5.74) is 1.94. The lowest BCUT2D eigenvalue weighted by Crippen LogP contribution is -2.21. The molecule has 0 spiro atoms. The van der Waals surface area contributed by atoms with Gasteiger partial charge in [-0.3, -0.25) is 4.79 Å². The van der Waals surface area contributed by atoms with Crippen LogP contribution in [0.5, 0.6) is 5.75 Å². The summed E-state index contributed by atoms with van der Waals surface area (Å²) in [5, 5.41) is 2.36. The van der Waals surface area contributed by atoms with E-state index in [2.05, 4.69) is 19.2 Å². The number of benzene rings is 2. The van der Waals surface area contributed by atoms with Crippen molar-refractivity contribution in [3.63, 3.8) is 0 Å². The van der Waals surface area contributed by atoms with Crippen molar-refractivity contribution in [1.29, 1.82) is 0 Å². The summed E-state index contributed by atoms with van der Waals surface area (Å²) in [4.78, 5) is 11.9. The highest BCUT2D eigenvalue weighted by Gasteiger charge is 2.10. The molecule has 0 heterocycles. The monoisotopic (exact) mass is 319 g/mol. The summed E-state index contributed by atoms with van der Waals surface area (Å²) >= 11 is 0. The van der Waals surface area contributed by atoms with Crippen LogP contribution in [-0.2, 0) is 4.79 Å². The van der Waals surface area contributed by atoms with E-state index in [1.807, 2.05) is 25.1 Å². The van der Waals surface area contributed by atoms with E-state index in [0.717, 1.165) is 17.2 Å². The third kappa shape index (κ3) is 4.52. The van der Waals surface area contributed by atoms with Crippen LogP contribution in [0.4, 0.5) is 14.5 Å². The van der Waals surface area contributed by atoms with Crippen LogP contribution in [0.15, 0.2) is 36.4 Å². The number of hydrogen-bond donors (Lipinski definition) is 1. The summed E-state index contributed by atoms with van der Waals surface area (Å²) in [7, 11) is 0. The van der Waals surface area contributed by atoms with Gasteiger partial charge in [-0.15, -0.1) is 0 Å². The lowest BCUT2D eigenvalue weighted by atomic mass is 10.0. The van der Waals surface area contributed by atoms with Gasteiger partial charge in [0.15, 0.2) is 6.61 Å². The molecule has 2 aromatic rings. The third-order valence-corrected chi connectivity index (χ3v) is 3.44. The standard InChI is InChI=1S/C18H19F2NO2/c1-11(2)13-5-4-12(3)17(8-13)23-10-18(22)21-16-7-6-14(19)9-15(16)20/h4-9,11H,10H2,1-3H3,(H,21,22). The number of aryl methyl sites for hydroxylation is 1. The van der Waals surface area contributed by atoms with Crippen LogP contribution in [0.1, 0.15) is 30.9 Å². The highest BCUT2D eigenvalue weighted by Crippen LogP contribution is 2.24. The fraction of sp³-hybridized carbons (Fsp3) is 0.278. The summed E-state index contributed by atoms with van der Waals surface area (Å²) in [6.45, 7) is 5.77. The molecule has 0 fully saturated rings. The van der Waals surface area contributed by atoms with Crippen LogP contribution in [0, 0.1) is 18.6 Å². The maximum Gasteiger partial charge on any atom is 0.262 e. The predicted molar refractivity (Wildman–Crippen MR) is 85.8 cm³/mol. The first-order valence-corrected chi connectivity index (χ1v) is 7.35. The molecule has 2 aromatic carbocycles. The van der Waals surface area contributed by atoms with Crippen LogP contribution in [0.25, 0.3) is 0 Å². The minimum Gasteiger partial charge on any atom is -0.483 e. The molecule has 0 aliphatic carbocycles. The van der Waals surface area contributed by atoms with Crippen LogP contribution < -0.4 is 10.1 Å². The molecule has 0 saturated heterocycles. The normalized spacial score (nSPS) is 10.7. The van der Waals surface area contributed by atoms with Gasteiger partial charge in [-0.1, -0.05) is 26.0 Å². The molecule has 0 saturated carbocycles. The molecule has 1 amide bonds. The zero-order chi connectivity index (χ0) is 17.0. The van der Waals surface area contributed by atoms with E-state index in [0.29, 0.717) is 17.7 Å². The Hall–Kier alpha value is -2.43. The average Bonchev–Trinajstić information content (AvgIpc) is 2.49. The lowest BCUT2D eigenvalue weighted by molar-refractivity contribution is -0.118. The van der Waals surface area contributed by atoms with Crippen molar-refractivity contribution < 1.29 is 18.3 Å². The van der Waals surface area contributed by atoms with Crippen molar-refractivity contribution in [1.82, 2.24) is 0 Å². The molecule has 122 valence electrons. The number of ether oxygens (including phenoxy) is 1. The number of nitrogens with one attached hydrogen (secondary N) is 1. The first-order chi connectivity index (χ1) is 10.9. The second-order valence-corrected chi connectivity index (χ2v) is 5.64. The Morgan fingerprint density at radius 1 is 1.17 bits per heavy atom. The maximum absolute atomic E-state index is 13.5. The molecular formula is C18H19F2NO2. The van der Waals surface area contributed by atoms with E-state index in [1.165, 1.54) is 6.07 Å². The smallest absolute Gasteiger partial charge is 0.262 e. The minimum atomic E-state index is -0.823. The van der Waals surface area contributed by atoms with Gasteiger partial charge in [0.25, 0.3) is 5.91 Å². The predicted octanol–water partition coefficient (Wildman–Crippen LogP) is 4.41. The molecular weight excluding hydrogens is 300 g/mol. The summed E-state index contributed by atoms with van der Waals surface area (Å²) in [6.07, 6.45) is 0. The SMILES string of the molecule is Cc1ccc(C(C)C)cc1OCC(=O)Nc1ccc(F)cc1F. The van der Waals surface area contributed by atoms with E-state index >= 15 is 0 Å². The third-order valence-electron chi connectivity index (χ3n) is 3.44. The molecule has 0 bridgehead atoms. The highest BCUT2D eigenvalue weighted by molar-refractivity contribution is 5.92. The first kappa shape index (κ1) is 16.9. The van der Waals surface area contributed by atoms with Crippen LogP contribution >= 0.6 is 0 Å². The molecule has 3 nitrogen and oxygen atoms in total. The fourth-order valence-electron chi connectivity index (χ4n) is 2.05. The van der Waals surface area contributed by atoms with E-state index < -0.39 is 17.5 Å². The molecule has 2 rings (SSSR count). The van der Waals surface area contributed by atoms with Crippen molar-refractivity contribution in [2.75, 3.05) is 11.9 Å². The van der Waals surface area contributed by atoms with Gasteiger partial charge < -0.3 is 10.1 Å². The fourth-order valence-corrected chi connectivity index (χ4v) is 2.05. The summed E-state index contributed by atoms with van der Waals surface area (Å²) in [5.74, 6) is -1.06. The lowest BCUT2D eigenvalue weighted by Gasteiger charge is -2.13. The highest BCUT2D eigenvalue weighted by atomic mass is 19.1. The maximum atomic E-state index is 13.5. The number of rotatable bonds is 5. The van der Waals surface area contributed by atoms with Gasteiger partial charge in [-0.05, 0) is 42.2 Å². The molecule has 0 unspecified atom stereocenters. The molecule has 0 atom stereocenters. The number of anilines is 1. The topological polar surface area (TPSA) is 38.3 Å². The van der Waals surface area contributed by atoms with Gasteiger partial charge in [-0.2, -0.15) is 0 Å². The molecule has 0 aliphatic rings. The molecule has 0 radical (unpaired) electrons. The second-order valence-electron chi connectivity index (χ2n) is 5.64. The van der Waals surface area contributed by atoms with Gasteiger partial charge in [0, 0.05) is 6.07 Å². The van der Waals surface area contributed by atoms with Crippen molar-refractivity contribution >= 4 is 11.6 Å². The Morgan fingerprint density at radius 3 is 2.57 bits per heavy atom. The Balaban J connectivity index is 2.00.